The highest BCUT2D eigenvalue weighted by Crippen LogP contribution is 2.62. The molecule has 2 aromatic carbocycles. The lowest BCUT2D eigenvalue weighted by molar-refractivity contribution is -0.0989. The monoisotopic (exact) mass is 628 g/mol. The summed E-state index contributed by atoms with van der Waals surface area (Å²) >= 11 is 6.83. The minimum absolute atomic E-state index is 0. The summed E-state index contributed by atoms with van der Waals surface area (Å²) in [6, 6.07) is 13.4. The lowest BCUT2D eigenvalue weighted by Crippen LogP contribution is -2.59. The average molecular weight is 630 g/mol. The van der Waals surface area contributed by atoms with E-state index in [1.807, 2.05) is 47.3 Å². The predicted molar refractivity (Wildman–Crippen MR) is 177 cm³/mol. The van der Waals surface area contributed by atoms with Gasteiger partial charge in [0.05, 0.1) is 39.6 Å². The Hall–Kier alpha value is -4.13. The molecule has 0 saturated heterocycles. The SMILES string of the molecule is Cl.Cn1ccc2c([C@H](Nc3cc(Cl)c4ncc(C#N)c(NCC(C)(C)C)c4c3)c3cn(C45CC(C4)C5)nn3)cccc2c1=O. The standard InChI is InChI=1S/C33H33ClN8O.ClH/c1-32(2,3)18-37-28-20(15-35)16-36-29-25(28)10-21(11-26(29)34)38-30(27-17-42(40-39-27)33-12-19(13-33)14-33)23-6-5-7-24-22(23)8-9-41(4)31(24)43;/h5-11,16-17,19,30,38H,12-14,18H2,1-4H3,(H,36,37);1H/t19?,30-,33?;/m0./s1. The number of nitrogens with one attached hydrogen (secondary N) is 2. The zero-order chi connectivity index (χ0) is 30.1. The van der Waals surface area contributed by atoms with Crippen molar-refractivity contribution in [3.05, 3.63) is 87.2 Å². The molecular formula is C33H34Cl2N8O. The van der Waals surface area contributed by atoms with E-state index in [9.17, 15) is 10.1 Å². The third-order valence-corrected chi connectivity index (χ3v) is 9.21. The highest BCUT2D eigenvalue weighted by Gasteiger charge is 2.59. The van der Waals surface area contributed by atoms with Crippen LogP contribution >= 0.6 is 24.0 Å². The average Bonchev–Trinajstić information content (AvgIpc) is 3.39. The lowest BCUT2D eigenvalue weighted by Gasteiger charge is -2.61. The van der Waals surface area contributed by atoms with Gasteiger partial charge < -0.3 is 15.2 Å². The number of pyridine rings is 2. The zero-order valence-corrected chi connectivity index (χ0v) is 26.6. The molecule has 0 radical (unpaired) electrons. The number of aryl methyl sites for hydroxylation is 1. The van der Waals surface area contributed by atoms with Gasteiger partial charge in [0.15, 0.2) is 0 Å². The second kappa shape index (κ2) is 10.8. The Kier molecular flexibility index (Phi) is 7.34. The summed E-state index contributed by atoms with van der Waals surface area (Å²) < 4.78 is 3.62. The Balaban J connectivity index is 0.00000343. The summed E-state index contributed by atoms with van der Waals surface area (Å²) in [5, 5.41) is 29.0. The van der Waals surface area contributed by atoms with E-state index in [1.54, 1.807) is 24.0 Å². The molecule has 0 amide bonds. The molecule has 3 aliphatic carbocycles. The van der Waals surface area contributed by atoms with E-state index >= 15 is 0 Å². The fourth-order valence-corrected chi connectivity index (χ4v) is 6.72. The van der Waals surface area contributed by atoms with Crippen LogP contribution in [0.4, 0.5) is 11.4 Å². The van der Waals surface area contributed by atoms with Crippen LogP contribution < -0.4 is 16.2 Å². The second-order valence-electron chi connectivity index (χ2n) is 13.3. The molecule has 3 fully saturated rings. The van der Waals surface area contributed by atoms with Crippen molar-refractivity contribution in [1.29, 1.82) is 5.26 Å². The Bertz CT molecular complexity index is 2000. The largest absolute Gasteiger partial charge is 0.383 e. The second-order valence-corrected chi connectivity index (χ2v) is 13.7. The van der Waals surface area contributed by atoms with Crippen molar-refractivity contribution in [2.24, 2.45) is 18.4 Å². The molecular weight excluding hydrogens is 595 g/mol. The first-order chi connectivity index (χ1) is 20.5. The first-order valence-corrected chi connectivity index (χ1v) is 15.0. The van der Waals surface area contributed by atoms with Crippen LogP contribution in [0.5, 0.6) is 0 Å². The van der Waals surface area contributed by atoms with Crippen molar-refractivity contribution in [3.8, 4) is 6.07 Å². The Morgan fingerprint density at radius 2 is 1.93 bits per heavy atom. The van der Waals surface area contributed by atoms with Gasteiger partial charge in [-0.05, 0) is 65.8 Å². The number of halogens is 2. The normalized spacial score (nSPS) is 19.4. The van der Waals surface area contributed by atoms with E-state index in [-0.39, 0.29) is 28.9 Å². The van der Waals surface area contributed by atoms with Crippen molar-refractivity contribution in [1.82, 2.24) is 24.5 Å². The molecule has 3 saturated carbocycles. The van der Waals surface area contributed by atoms with Gasteiger partial charge in [0.1, 0.15) is 11.8 Å². The number of nitrogens with zero attached hydrogens (tertiary/aromatic N) is 6. The molecule has 3 heterocycles. The number of anilines is 2. The molecule has 5 aromatic rings. The van der Waals surface area contributed by atoms with Gasteiger partial charge in [-0.25, -0.2) is 4.68 Å². The molecule has 226 valence electrons. The highest BCUT2D eigenvalue weighted by atomic mass is 35.5. The smallest absolute Gasteiger partial charge is 0.258 e. The maximum Gasteiger partial charge on any atom is 0.258 e. The van der Waals surface area contributed by atoms with Crippen LogP contribution in [0.15, 0.2) is 59.8 Å². The maximum atomic E-state index is 13.1. The molecule has 11 heteroatoms. The fourth-order valence-electron chi connectivity index (χ4n) is 6.45. The third kappa shape index (κ3) is 4.96. The van der Waals surface area contributed by atoms with E-state index in [1.165, 1.54) is 0 Å². The number of hydrogen-bond acceptors (Lipinski definition) is 7. The molecule has 2 N–H and O–H groups in total. The summed E-state index contributed by atoms with van der Waals surface area (Å²) in [5.74, 6) is 0.809. The van der Waals surface area contributed by atoms with E-state index in [2.05, 4.69) is 52.8 Å². The number of fused-ring (bicyclic) bond motifs is 2. The summed E-state index contributed by atoms with van der Waals surface area (Å²) in [7, 11) is 1.76. The molecule has 0 unspecified atom stereocenters. The molecule has 44 heavy (non-hydrogen) atoms. The Morgan fingerprint density at radius 3 is 2.61 bits per heavy atom. The summed E-state index contributed by atoms with van der Waals surface area (Å²) in [6.07, 6.45) is 8.85. The number of aromatic nitrogens is 5. The van der Waals surface area contributed by atoms with Gasteiger partial charge in [-0.2, -0.15) is 5.26 Å². The summed E-state index contributed by atoms with van der Waals surface area (Å²) in [4.78, 5) is 17.6. The molecule has 3 aromatic heterocycles. The molecule has 0 spiro atoms. The minimum atomic E-state index is -0.427. The maximum absolute atomic E-state index is 13.1. The van der Waals surface area contributed by atoms with Crippen molar-refractivity contribution >= 4 is 57.1 Å². The number of benzene rings is 2. The minimum Gasteiger partial charge on any atom is -0.383 e. The van der Waals surface area contributed by atoms with Gasteiger partial charge in [0, 0.05) is 42.4 Å². The van der Waals surface area contributed by atoms with Crippen LogP contribution in [-0.2, 0) is 12.6 Å². The van der Waals surface area contributed by atoms with Crippen molar-refractivity contribution < 1.29 is 0 Å². The van der Waals surface area contributed by atoms with E-state index in [0.29, 0.717) is 33.7 Å². The predicted octanol–water partition coefficient (Wildman–Crippen LogP) is 6.79. The van der Waals surface area contributed by atoms with Crippen LogP contribution in [0.2, 0.25) is 5.02 Å². The summed E-state index contributed by atoms with van der Waals surface area (Å²) in [5.41, 5.74) is 4.19. The van der Waals surface area contributed by atoms with Gasteiger partial charge in [0.2, 0.25) is 0 Å². The number of hydrogen-bond donors (Lipinski definition) is 2. The fraction of sp³-hybridized carbons (Fsp3) is 0.364. The van der Waals surface area contributed by atoms with Crippen molar-refractivity contribution in [2.45, 2.75) is 51.6 Å². The third-order valence-electron chi connectivity index (χ3n) is 8.92. The van der Waals surface area contributed by atoms with Gasteiger partial charge in [0.25, 0.3) is 5.56 Å². The molecule has 9 nitrogen and oxygen atoms in total. The number of rotatable bonds is 7. The van der Waals surface area contributed by atoms with E-state index < -0.39 is 6.04 Å². The Labute approximate surface area is 266 Å². The highest BCUT2D eigenvalue weighted by molar-refractivity contribution is 6.35. The first-order valence-electron chi connectivity index (χ1n) is 14.6. The van der Waals surface area contributed by atoms with Crippen LogP contribution in [0.3, 0.4) is 0 Å². The number of nitriles is 1. The van der Waals surface area contributed by atoms with Gasteiger partial charge in [-0.15, -0.1) is 17.5 Å². The molecule has 1 atom stereocenters. The van der Waals surface area contributed by atoms with Gasteiger partial charge >= 0.3 is 0 Å². The van der Waals surface area contributed by atoms with E-state index in [0.717, 1.165) is 52.9 Å². The quantitative estimate of drug-likeness (QED) is 0.204. The zero-order valence-electron chi connectivity index (χ0n) is 25.1. The van der Waals surface area contributed by atoms with Gasteiger partial charge in [-0.1, -0.05) is 49.7 Å². The summed E-state index contributed by atoms with van der Waals surface area (Å²) in [6.45, 7) is 7.07. The van der Waals surface area contributed by atoms with Gasteiger partial charge in [-0.3, -0.25) is 9.78 Å². The van der Waals surface area contributed by atoms with Crippen LogP contribution in [0.25, 0.3) is 21.7 Å². The molecule has 0 aliphatic heterocycles. The topological polar surface area (TPSA) is 113 Å². The Morgan fingerprint density at radius 1 is 1.16 bits per heavy atom. The molecule has 8 rings (SSSR count). The van der Waals surface area contributed by atoms with Crippen LogP contribution in [-0.4, -0.2) is 31.1 Å². The molecule has 2 bridgehead atoms. The van der Waals surface area contributed by atoms with Crippen molar-refractivity contribution in [3.63, 3.8) is 0 Å². The first kappa shape index (κ1) is 29.9. The van der Waals surface area contributed by atoms with Crippen LogP contribution in [0, 0.1) is 22.7 Å². The van der Waals surface area contributed by atoms with Crippen molar-refractivity contribution in [2.75, 3.05) is 17.2 Å². The molecule has 3 aliphatic rings. The van der Waals surface area contributed by atoms with Crippen LogP contribution in [0.1, 0.15) is 62.9 Å². The van der Waals surface area contributed by atoms with E-state index in [4.69, 9.17) is 11.6 Å². The lowest BCUT2D eigenvalue weighted by atomic mass is 9.50.